The van der Waals surface area contributed by atoms with Gasteiger partial charge in [0.05, 0.1) is 18.4 Å². The van der Waals surface area contributed by atoms with Crippen molar-refractivity contribution in [1.82, 2.24) is 5.32 Å². The van der Waals surface area contributed by atoms with E-state index in [1.165, 1.54) is 11.3 Å². The number of hydrogen-bond donors (Lipinski definition) is 1. The third kappa shape index (κ3) is 3.44. The van der Waals surface area contributed by atoms with Crippen LogP contribution in [0.15, 0.2) is 22.7 Å². The van der Waals surface area contributed by atoms with E-state index in [-0.39, 0.29) is 6.10 Å². The molecule has 0 aliphatic carbocycles. The maximum Gasteiger partial charge on any atom is 0.0874 e. The molecule has 1 heterocycles. The molecule has 1 aliphatic heterocycles. The molecule has 0 aromatic heterocycles. The number of likely N-dealkylation sites (N-methyl/N-ethyl adjacent to an activating group) is 1. The van der Waals surface area contributed by atoms with Crippen LogP contribution in [0.25, 0.3) is 0 Å². The standard InChI is InChI=1S/C13H19BrN2O/c1-10-3-4-13(12(14)7-10)16(2)9-11-8-15-5-6-17-11/h3-4,7,11,15H,5-6,8-9H2,1-2H3. The van der Waals surface area contributed by atoms with Crippen LogP contribution in [-0.2, 0) is 4.74 Å². The molecule has 0 saturated carbocycles. The van der Waals surface area contributed by atoms with Crippen molar-refractivity contribution in [3.05, 3.63) is 28.2 Å². The Balaban J connectivity index is 2.00. The summed E-state index contributed by atoms with van der Waals surface area (Å²) in [5.41, 5.74) is 2.48. The van der Waals surface area contributed by atoms with Crippen LogP contribution in [-0.4, -0.2) is 39.4 Å². The van der Waals surface area contributed by atoms with Crippen molar-refractivity contribution in [2.75, 3.05) is 38.2 Å². The van der Waals surface area contributed by atoms with Gasteiger partial charge in [-0.3, -0.25) is 0 Å². The van der Waals surface area contributed by atoms with Gasteiger partial charge < -0.3 is 15.0 Å². The fourth-order valence-corrected chi connectivity index (χ4v) is 2.86. The second-order valence-corrected chi connectivity index (χ2v) is 5.39. The molecule has 0 radical (unpaired) electrons. The summed E-state index contributed by atoms with van der Waals surface area (Å²) in [6.07, 6.45) is 0.280. The molecular formula is C13H19BrN2O. The first-order valence-corrected chi connectivity index (χ1v) is 6.76. The minimum absolute atomic E-state index is 0.280. The summed E-state index contributed by atoms with van der Waals surface area (Å²) in [6.45, 7) is 5.73. The smallest absolute Gasteiger partial charge is 0.0874 e. The molecule has 3 nitrogen and oxygen atoms in total. The number of rotatable bonds is 3. The number of nitrogens with zero attached hydrogens (tertiary/aromatic N) is 1. The van der Waals surface area contributed by atoms with Gasteiger partial charge in [-0.05, 0) is 40.5 Å². The SMILES string of the molecule is Cc1ccc(N(C)CC2CNCCO2)c(Br)c1. The van der Waals surface area contributed by atoms with Crippen molar-refractivity contribution in [2.45, 2.75) is 13.0 Å². The van der Waals surface area contributed by atoms with Crippen molar-refractivity contribution < 1.29 is 4.74 Å². The first-order chi connectivity index (χ1) is 8.16. The molecule has 1 atom stereocenters. The molecule has 4 heteroatoms. The Hall–Kier alpha value is -0.580. The Morgan fingerprint density at radius 3 is 3.00 bits per heavy atom. The van der Waals surface area contributed by atoms with E-state index in [0.29, 0.717) is 0 Å². The lowest BCUT2D eigenvalue weighted by Gasteiger charge is -2.29. The topological polar surface area (TPSA) is 24.5 Å². The van der Waals surface area contributed by atoms with Gasteiger partial charge in [-0.1, -0.05) is 6.07 Å². The summed E-state index contributed by atoms with van der Waals surface area (Å²) >= 11 is 3.61. The molecule has 1 unspecified atom stereocenters. The zero-order valence-corrected chi connectivity index (χ0v) is 12.0. The molecule has 1 saturated heterocycles. The summed E-state index contributed by atoms with van der Waals surface area (Å²) < 4.78 is 6.86. The van der Waals surface area contributed by atoms with Gasteiger partial charge in [0.1, 0.15) is 0 Å². The third-order valence-corrected chi connectivity index (χ3v) is 3.63. The lowest BCUT2D eigenvalue weighted by Crippen LogP contribution is -2.44. The zero-order chi connectivity index (χ0) is 12.3. The highest BCUT2D eigenvalue weighted by Crippen LogP contribution is 2.26. The van der Waals surface area contributed by atoms with Crippen molar-refractivity contribution >= 4 is 21.6 Å². The Bertz CT molecular complexity index is 378. The van der Waals surface area contributed by atoms with Crippen LogP contribution in [0.2, 0.25) is 0 Å². The molecule has 2 rings (SSSR count). The van der Waals surface area contributed by atoms with E-state index < -0.39 is 0 Å². The monoisotopic (exact) mass is 298 g/mol. The largest absolute Gasteiger partial charge is 0.374 e. The molecule has 1 fully saturated rings. The van der Waals surface area contributed by atoms with Crippen LogP contribution < -0.4 is 10.2 Å². The number of nitrogens with one attached hydrogen (secondary N) is 1. The van der Waals surface area contributed by atoms with E-state index in [0.717, 1.165) is 30.7 Å². The van der Waals surface area contributed by atoms with Crippen molar-refractivity contribution in [3.63, 3.8) is 0 Å². The van der Waals surface area contributed by atoms with Crippen molar-refractivity contribution in [2.24, 2.45) is 0 Å². The van der Waals surface area contributed by atoms with Gasteiger partial charge in [0.2, 0.25) is 0 Å². The number of halogens is 1. The Morgan fingerprint density at radius 2 is 2.35 bits per heavy atom. The number of anilines is 1. The van der Waals surface area contributed by atoms with Crippen LogP contribution in [0.3, 0.4) is 0 Å². The average Bonchev–Trinajstić information content (AvgIpc) is 2.30. The minimum atomic E-state index is 0.280. The van der Waals surface area contributed by atoms with E-state index >= 15 is 0 Å². The van der Waals surface area contributed by atoms with Gasteiger partial charge in [-0.25, -0.2) is 0 Å². The minimum Gasteiger partial charge on any atom is -0.374 e. The molecule has 1 aliphatic rings. The second-order valence-electron chi connectivity index (χ2n) is 4.53. The molecule has 0 bridgehead atoms. The van der Waals surface area contributed by atoms with Crippen LogP contribution >= 0.6 is 15.9 Å². The van der Waals surface area contributed by atoms with Gasteiger partial charge in [-0.2, -0.15) is 0 Å². The van der Waals surface area contributed by atoms with E-state index in [4.69, 9.17) is 4.74 Å². The first-order valence-electron chi connectivity index (χ1n) is 5.96. The zero-order valence-electron chi connectivity index (χ0n) is 10.4. The van der Waals surface area contributed by atoms with Gasteiger partial charge in [-0.15, -0.1) is 0 Å². The molecule has 0 amide bonds. The molecule has 1 aromatic rings. The lowest BCUT2D eigenvalue weighted by molar-refractivity contribution is 0.0340. The van der Waals surface area contributed by atoms with E-state index in [1.807, 2.05) is 0 Å². The Labute approximate surface area is 111 Å². The van der Waals surface area contributed by atoms with Crippen LogP contribution in [0.5, 0.6) is 0 Å². The first kappa shape index (κ1) is 12.9. The van der Waals surface area contributed by atoms with Gasteiger partial charge in [0.25, 0.3) is 0 Å². The predicted octanol–water partition coefficient (Wildman–Crippen LogP) is 2.18. The molecular weight excluding hydrogens is 280 g/mol. The maximum atomic E-state index is 5.71. The number of aryl methyl sites for hydroxylation is 1. The predicted molar refractivity (Wildman–Crippen MR) is 74.8 cm³/mol. The maximum absolute atomic E-state index is 5.71. The highest BCUT2D eigenvalue weighted by molar-refractivity contribution is 9.10. The molecule has 94 valence electrons. The van der Waals surface area contributed by atoms with E-state index in [2.05, 4.69) is 58.3 Å². The number of hydrogen-bond acceptors (Lipinski definition) is 3. The highest BCUT2D eigenvalue weighted by Gasteiger charge is 2.16. The summed E-state index contributed by atoms with van der Waals surface area (Å²) in [7, 11) is 2.10. The summed E-state index contributed by atoms with van der Waals surface area (Å²) in [4.78, 5) is 2.24. The molecule has 0 spiro atoms. The normalized spacial score (nSPS) is 20.3. The highest BCUT2D eigenvalue weighted by atomic mass is 79.9. The lowest BCUT2D eigenvalue weighted by atomic mass is 10.2. The van der Waals surface area contributed by atoms with Crippen LogP contribution in [0.1, 0.15) is 5.56 Å². The average molecular weight is 299 g/mol. The Kier molecular flexibility index (Phi) is 4.42. The summed E-state index contributed by atoms with van der Waals surface area (Å²) in [6, 6.07) is 6.43. The van der Waals surface area contributed by atoms with Crippen molar-refractivity contribution in [3.8, 4) is 0 Å². The molecule has 1 N–H and O–H groups in total. The van der Waals surface area contributed by atoms with E-state index in [9.17, 15) is 0 Å². The van der Waals surface area contributed by atoms with Gasteiger partial charge >= 0.3 is 0 Å². The summed E-state index contributed by atoms with van der Waals surface area (Å²) in [5.74, 6) is 0. The number of benzene rings is 1. The van der Waals surface area contributed by atoms with Crippen LogP contribution in [0, 0.1) is 6.92 Å². The quantitative estimate of drug-likeness (QED) is 0.926. The fourth-order valence-electron chi connectivity index (χ4n) is 2.06. The fraction of sp³-hybridized carbons (Fsp3) is 0.538. The van der Waals surface area contributed by atoms with E-state index in [1.54, 1.807) is 0 Å². The third-order valence-electron chi connectivity index (χ3n) is 3.00. The Morgan fingerprint density at radius 1 is 1.53 bits per heavy atom. The second kappa shape index (κ2) is 5.85. The molecule has 17 heavy (non-hydrogen) atoms. The molecule has 1 aromatic carbocycles. The van der Waals surface area contributed by atoms with Gasteiger partial charge in [0, 0.05) is 31.2 Å². The number of ether oxygens (including phenoxy) is 1. The van der Waals surface area contributed by atoms with Gasteiger partial charge in [0.15, 0.2) is 0 Å². The van der Waals surface area contributed by atoms with Crippen molar-refractivity contribution in [1.29, 1.82) is 0 Å². The number of morpholine rings is 1. The van der Waals surface area contributed by atoms with Crippen LogP contribution in [0.4, 0.5) is 5.69 Å². The summed E-state index contributed by atoms with van der Waals surface area (Å²) in [5, 5.41) is 3.35.